The predicted octanol–water partition coefficient (Wildman–Crippen LogP) is 2.25. The van der Waals surface area contributed by atoms with E-state index in [-0.39, 0.29) is 34.4 Å². The van der Waals surface area contributed by atoms with E-state index in [4.69, 9.17) is 32.5 Å². The van der Waals surface area contributed by atoms with Crippen molar-refractivity contribution in [2.24, 2.45) is 21.7 Å². The fourth-order valence-electron chi connectivity index (χ4n) is 2.59. The molecule has 0 aliphatic rings. The van der Waals surface area contributed by atoms with Crippen LogP contribution in [0.3, 0.4) is 0 Å². The van der Waals surface area contributed by atoms with Crippen molar-refractivity contribution in [2.75, 3.05) is 14.2 Å². The lowest BCUT2D eigenvalue weighted by atomic mass is 10.1. The molecule has 146 valence electrons. The highest BCUT2D eigenvalue weighted by molar-refractivity contribution is 7.20. The summed E-state index contributed by atoms with van der Waals surface area (Å²) in [5.41, 5.74) is 11.0. The van der Waals surface area contributed by atoms with Crippen LogP contribution in [0.4, 0.5) is 5.69 Å². The van der Waals surface area contributed by atoms with Crippen molar-refractivity contribution in [2.45, 2.75) is 0 Å². The maximum atomic E-state index is 11.8. The van der Waals surface area contributed by atoms with Crippen LogP contribution < -0.4 is 20.9 Å². The largest absolute Gasteiger partial charge is 0.496 e. The summed E-state index contributed by atoms with van der Waals surface area (Å²) < 4.78 is 12.6. The van der Waals surface area contributed by atoms with Crippen LogP contribution in [-0.4, -0.2) is 40.7 Å². The molecule has 1 aromatic carbocycles. The summed E-state index contributed by atoms with van der Waals surface area (Å²) in [5.74, 6) is 0.0509. The smallest absolute Gasteiger partial charge is 0.324 e. The van der Waals surface area contributed by atoms with E-state index >= 15 is 0 Å². The van der Waals surface area contributed by atoms with Crippen molar-refractivity contribution in [1.82, 2.24) is 9.38 Å². The summed E-state index contributed by atoms with van der Waals surface area (Å²) in [6.07, 6.45) is 2.92. The standard InChI is InChI=1S/C15H14ClN7O4S/c1-26-8-3-4-9(27-2)13(23(24)25)11(8)12-7(5-19-21-14(17)18)22-6-10(16)28-15(22)20-12/h3-6H,1-2H3,(H4,17,18,21)/b19-5+. The molecule has 4 N–H and O–H groups in total. The van der Waals surface area contributed by atoms with E-state index in [2.05, 4.69) is 15.2 Å². The van der Waals surface area contributed by atoms with Crippen molar-refractivity contribution in [3.63, 3.8) is 0 Å². The molecule has 0 radical (unpaired) electrons. The highest BCUT2D eigenvalue weighted by atomic mass is 35.5. The van der Waals surface area contributed by atoms with Crippen molar-refractivity contribution in [3.8, 4) is 22.8 Å². The average molecular weight is 424 g/mol. The third-order valence-corrected chi connectivity index (χ3v) is 4.75. The molecule has 0 aliphatic heterocycles. The summed E-state index contributed by atoms with van der Waals surface area (Å²) in [4.78, 5) is 16.2. The first-order chi connectivity index (χ1) is 13.4. The van der Waals surface area contributed by atoms with E-state index in [1.807, 2.05) is 0 Å². The zero-order chi connectivity index (χ0) is 20.4. The Kier molecular flexibility index (Phi) is 5.33. The number of fused-ring (bicyclic) bond motifs is 1. The van der Waals surface area contributed by atoms with Gasteiger partial charge in [-0.15, -0.1) is 5.10 Å². The maximum absolute atomic E-state index is 11.8. The lowest BCUT2D eigenvalue weighted by molar-refractivity contribution is -0.385. The molecule has 3 aromatic rings. The van der Waals surface area contributed by atoms with Crippen molar-refractivity contribution in [1.29, 1.82) is 0 Å². The first kappa shape index (κ1) is 19.4. The minimum atomic E-state index is -0.561. The van der Waals surface area contributed by atoms with Gasteiger partial charge in [0, 0.05) is 6.20 Å². The van der Waals surface area contributed by atoms with Gasteiger partial charge in [-0.2, -0.15) is 5.10 Å². The Balaban J connectivity index is 2.38. The summed E-state index contributed by atoms with van der Waals surface area (Å²) in [6, 6.07) is 3.00. The summed E-state index contributed by atoms with van der Waals surface area (Å²) in [5, 5.41) is 19.2. The number of rotatable bonds is 6. The first-order valence-electron chi connectivity index (χ1n) is 7.56. The predicted molar refractivity (Wildman–Crippen MR) is 107 cm³/mol. The molecule has 13 heteroatoms. The first-order valence-corrected chi connectivity index (χ1v) is 8.76. The zero-order valence-corrected chi connectivity index (χ0v) is 16.2. The number of benzene rings is 1. The normalized spacial score (nSPS) is 11.1. The maximum Gasteiger partial charge on any atom is 0.324 e. The number of imidazole rings is 1. The molecule has 11 nitrogen and oxygen atoms in total. The third-order valence-electron chi connectivity index (χ3n) is 3.65. The van der Waals surface area contributed by atoms with Crippen LogP contribution in [-0.2, 0) is 0 Å². The molecule has 0 amide bonds. The molecule has 0 saturated heterocycles. The molecule has 0 saturated carbocycles. The second kappa shape index (κ2) is 7.70. The Morgan fingerprint density at radius 2 is 2.04 bits per heavy atom. The van der Waals surface area contributed by atoms with Gasteiger partial charge in [0.05, 0.1) is 31.1 Å². The topological polar surface area (TPSA) is 156 Å². The molecule has 0 spiro atoms. The Bertz CT molecular complexity index is 1120. The van der Waals surface area contributed by atoms with Gasteiger partial charge >= 0.3 is 5.69 Å². The number of halogens is 1. The second-order valence-electron chi connectivity index (χ2n) is 5.25. The minimum absolute atomic E-state index is 0.0577. The highest BCUT2D eigenvalue weighted by Crippen LogP contribution is 2.45. The minimum Gasteiger partial charge on any atom is -0.496 e. The van der Waals surface area contributed by atoms with Gasteiger partial charge < -0.3 is 20.9 Å². The molecule has 0 fully saturated rings. The highest BCUT2D eigenvalue weighted by Gasteiger charge is 2.30. The monoisotopic (exact) mass is 423 g/mol. The number of aromatic nitrogens is 2. The number of nitrogens with two attached hydrogens (primary N) is 2. The summed E-state index contributed by atoms with van der Waals surface area (Å²) >= 11 is 7.25. The fraction of sp³-hybridized carbons (Fsp3) is 0.133. The van der Waals surface area contributed by atoms with Crippen LogP contribution in [0.1, 0.15) is 5.69 Å². The van der Waals surface area contributed by atoms with Gasteiger partial charge in [0.15, 0.2) is 10.7 Å². The number of nitrogens with zero attached hydrogens (tertiary/aromatic N) is 5. The second-order valence-corrected chi connectivity index (χ2v) is 6.89. The number of thiazole rings is 1. The zero-order valence-electron chi connectivity index (χ0n) is 14.6. The lowest BCUT2D eigenvalue weighted by Gasteiger charge is -2.11. The number of methoxy groups -OCH3 is 2. The van der Waals surface area contributed by atoms with E-state index in [0.29, 0.717) is 15.0 Å². The fourth-order valence-corrected chi connectivity index (χ4v) is 3.62. The summed E-state index contributed by atoms with van der Waals surface area (Å²) in [6.45, 7) is 0. The Morgan fingerprint density at radius 3 is 2.64 bits per heavy atom. The molecule has 28 heavy (non-hydrogen) atoms. The number of nitro groups is 1. The van der Waals surface area contributed by atoms with Gasteiger partial charge in [-0.25, -0.2) is 4.98 Å². The Hall–Kier alpha value is -3.38. The lowest BCUT2D eigenvalue weighted by Crippen LogP contribution is -2.21. The molecule has 0 atom stereocenters. The van der Waals surface area contributed by atoms with E-state index < -0.39 is 4.92 Å². The molecular formula is C15H14ClN7O4S. The van der Waals surface area contributed by atoms with Crippen LogP contribution in [0.25, 0.3) is 16.2 Å². The van der Waals surface area contributed by atoms with Crippen LogP contribution in [0.5, 0.6) is 11.5 Å². The Morgan fingerprint density at radius 1 is 1.36 bits per heavy atom. The van der Waals surface area contributed by atoms with Gasteiger partial charge in [0.2, 0.25) is 5.96 Å². The van der Waals surface area contributed by atoms with Crippen LogP contribution >= 0.6 is 22.9 Å². The van der Waals surface area contributed by atoms with E-state index in [9.17, 15) is 10.1 Å². The van der Waals surface area contributed by atoms with Gasteiger partial charge in [-0.05, 0) is 12.1 Å². The molecular weight excluding hydrogens is 410 g/mol. The average Bonchev–Trinajstić information content (AvgIpc) is 3.16. The van der Waals surface area contributed by atoms with Crippen LogP contribution in [0.15, 0.2) is 28.5 Å². The molecule has 0 unspecified atom stereocenters. The van der Waals surface area contributed by atoms with Crippen molar-refractivity contribution in [3.05, 3.63) is 38.5 Å². The molecule has 0 aliphatic carbocycles. The van der Waals surface area contributed by atoms with E-state index in [1.54, 1.807) is 16.7 Å². The van der Waals surface area contributed by atoms with E-state index in [1.165, 1.54) is 37.8 Å². The molecule has 0 bridgehead atoms. The van der Waals surface area contributed by atoms with Crippen molar-refractivity contribution < 1.29 is 14.4 Å². The van der Waals surface area contributed by atoms with Gasteiger partial charge in [0.1, 0.15) is 21.3 Å². The quantitative estimate of drug-likeness (QED) is 0.266. The molecule has 3 rings (SSSR count). The number of guanidine groups is 1. The summed E-state index contributed by atoms with van der Waals surface area (Å²) in [7, 11) is 2.74. The van der Waals surface area contributed by atoms with Crippen LogP contribution in [0.2, 0.25) is 4.34 Å². The van der Waals surface area contributed by atoms with Crippen LogP contribution in [0, 0.1) is 10.1 Å². The molecule has 2 heterocycles. The van der Waals surface area contributed by atoms with Gasteiger partial charge in [-0.3, -0.25) is 14.5 Å². The number of ether oxygens (including phenoxy) is 2. The number of hydrogen-bond acceptors (Lipinski definition) is 8. The number of nitro benzene ring substituents is 1. The van der Waals surface area contributed by atoms with Crippen molar-refractivity contribution >= 4 is 45.8 Å². The van der Waals surface area contributed by atoms with Gasteiger partial charge in [0.25, 0.3) is 0 Å². The van der Waals surface area contributed by atoms with E-state index in [0.717, 1.165) is 0 Å². The Labute approximate surface area is 167 Å². The van der Waals surface area contributed by atoms with Gasteiger partial charge in [-0.1, -0.05) is 22.9 Å². The SMILES string of the molecule is COc1ccc(OC)c([N+](=O)[O-])c1-c1nc2sc(Cl)cn2c1/C=N/N=C(N)N. The number of hydrogen-bond donors (Lipinski definition) is 2. The molecule has 2 aromatic heterocycles. The third kappa shape index (κ3) is 3.42.